The van der Waals surface area contributed by atoms with Crippen LogP contribution in [0.2, 0.25) is 0 Å². The van der Waals surface area contributed by atoms with Crippen LogP contribution in [-0.2, 0) is 4.79 Å². The highest BCUT2D eigenvalue weighted by Crippen LogP contribution is 2.25. The molecule has 3 atom stereocenters. The number of carbonyl (C=O) groups excluding carboxylic acids is 2. The van der Waals surface area contributed by atoms with E-state index in [2.05, 4.69) is 0 Å². The number of nitrogens with two attached hydrogens (primary N) is 1. The lowest BCUT2D eigenvalue weighted by molar-refractivity contribution is -0.139. The molecule has 2 saturated heterocycles. The first-order chi connectivity index (χ1) is 11.6. The zero-order valence-corrected chi connectivity index (χ0v) is 14.3. The van der Waals surface area contributed by atoms with Crippen molar-refractivity contribution in [1.29, 1.82) is 0 Å². The van der Waals surface area contributed by atoms with E-state index in [-0.39, 0.29) is 23.9 Å². The van der Waals surface area contributed by atoms with E-state index in [1.807, 2.05) is 11.8 Å². The molecule has 24 heavy (non-hydrogen) atoms. The van der Waals surface area contributed by atoms with E-state index in [9.17, 15) is 9.59 Å². The van der Waals surface area contributed by atoms with Crippen molar-refractivity contribution in [2.75, 3.05) is 19.6 Å². The zero-order chi connectivity index (χ0) is 17.1. The molecule has 2 aliphatic rings. The van der Waals surface area contributed by atoms with E-state index in [0.29, 0.717) is 24.8 Å². The number of piperidine rings is 2. The van der Waals surface area contributed by atoms with Gasteiger partial charge in [0.15, 0.2) is 5.76 Å². The van der Waals surface area contributed by atoms with E-state index in [1.165, 1.54) is 6.26 Å². The molecule has 3 rings (SSSR count). The number of rotatable bonds is 3. The van der Waals surface area contributed by atoms with E-state index >= 15 is 0 Å². The molecule has 132 valence electrons. The molecule has 6 heteroatoms. The Labute approximate surface area is 143 Å². The van der Waals surface area contributed by atoms with E-state index in [4.69, 9.17) is 10.2 Å². The Morgan fingerprint density at radius 2 is 2.08 bits per heavy atom. The van der Waals surface area contributed by atoms with Gasteiger partial charge in [-0.15, -0.1) is 0 Å². The van der Waals surface area contributed by atoms with Crippen molar-refractivity contribution < 1.29 is 14.0 Å². The minimum absolute atomic E-state index is 0.0694. The minimum Gasteiger partial charge on any atom is -0.459 e. The van der Waals surface area contributed by atoms with Crippen LogP contribution >= 0.6 is 0 Å². The number of amides is 2. The summed E-state index contributed by atoms with van der Waals surface area (Å²) in [5.41, 5.74) is 6.03. The second-order valence-electron chi connectivity index (χ2n) is 7.03. The van der Waals surface area contributed by atoms with Gasteiger partial charge in [0.2, 0.25) is 5.91 Å². The topological polar surface area (TPSA) is 79.8 Å². The standard InChI is InChI=1S/C18H27N3O3/c1-13(19)14-6-4-9-20(12-14)17(22)15-7-2-3-10-21(15)18(23)16-8-5-11-24-16/h5,8,11,13-15H,2-4,6-7,9-10,12,19H2,1H3. The van der Waals surface area contributed by atoms with Gasteiger partial charge in [-0.3, -0.25) is 9.59 Å². The number of carbonyl (C=O) groups is 2. The Balaban J connectivity index is 1.72. The summed E-state index contributed by atoms with van der Waals surface area (Å²) in [6.45, 7) is 4.09. The second kappa shape index (κ2) is 7.38. The molecule has 1 aromatic rings. The summed E-state index contributed by atoms with van der Waals surface area (Å²) in [5, 5.41) is 0. The van der Waals surface area contributed by atoms with Gasteiger partial charge in [-0.25, -0.2) is 0 Å². The van der Waals surface area contributed by atoms with Crippen LogP contribution in [0, 0.1) is 5.92 Å². The Bertz CT molecular complexity index is 570. The molecule has 3 unspecified atom stereocenters. The summed E-state index contributed by atoms with van der Waals surface area (Å²) in [6.07, 6.45) is 6.18. The highest BCUT2D eigenvalue weighted by molar-refractivity contribution is 5.95. The maximum atomic E-state index is 13.1. The normalized spacial score (nSPS) is 26.2. The molecule has 0 bridgehead atoms. The molecule has 0 spiro atoms. The Kier molecular flexibility index (Phi) is 5.23. The molecule has 2 aliphatic heterocycles. The Morgan fingerprint density at radius 1 is 1.25 bits per heavy atom. The maximum Gasteiger partial charge on any atom is 0.290 e. The molecular weight excluding hydrogens is 306 g/mol. The van der Waals surface area contributed by atoms with Crippen LogP contribution in [0.3, 0.4) is 0 Å². The van der Waals surface area contributed by atoms with Crippen LogP contribution in [-0.4, -0.2) is 53.3 Å². The van der Waals surface area contributed by atoms with Crippen LogP contribution in [0.15, 0.2) is 22.8 Å². The van der Waals surface area contributed by atoms with Crippen molar-refractivity contribution in [3.05, 3.63) is 24.2 Å². The van der Waals surface area contributed by atoms with Gasteiger partial charge in [0.25, 0.3) is 5.91 Å². The first-order valence-electron chi connectivity index (χ1n) is 8.96. The summed E-state index contributed by atoms with van der Waals surface area (Å²) >= 11 is 0. The van der Waals surface area contributed by atoms with Crippen molar-refractivity contribution in [2.45, 2.75) is 51.1 Å². The van der Waals surface area contributed by atoms with Gasteiger partial charge in [0.05, 0.1) is 6.26 Å². The first kappa shape index (κ1) is 17.0. The molecule has 0 aliphatic carbocycles. The number of likely N-dealkylation sites (tertiary alicyclic amines) is 2. The highest BCUT2D eigenvalue weighted by Gasteiger charge is 2.37. The van der Waals surface area contributed by atoms with Gasteiger partial charge in [-0.05, 0) is 57.1 Å². The maximum absolute atomic E-state index is 13.1. The first-order valence-corrected chi connectivity index (χ1v) is 8.96. The highest BCUT2D eigenvalue weighted by atomic mass is 16.3. The summed E-state index contributed by atoms with van der Waals surface area (Å²) in [4.78, 5) is 29.3. The number of hydrogen-bond acceptors (Lipinski definition) is 4. The minimum atomic E-state index is -0.372. The SMILES string of the molecule is CC(N)C1CCCN(C(=O)C2CCCCN2C(=O)c2ccco2)C1. The Morgan fingerprint density at radius 3 is 2.79 bits per heavy atom. The van der Waals surface area contributed by atoms with Crippen LogP contribution in [0.25, 0.3) is 0 Å². The summed E-state index contributed by atoms with van der Waals surface area (Å²) in [7, 11) is 0. The third-order valence-electron chi connectivity index (χ3n) is 5.29. The van der Waals surface area contributed by atoms with Gasteiger partial charge < -0.3 is 20.0 Å². The van der Waals surface area contributed by atoms with Gasteiger partial charge in [0, 0.05) is 25.7 Å². The van der Waals surface area contributed by atoms with Crippen molar-refractivity contribution in [3.63, 3.8) is 0 Å². The molecule has 6 nitrogen and oxygen atoms in total. The molecule has 2 N–H and O–H groups in total. The van der Waals surface area contributed by atoms with Crippen LogP contribution in [0.1, 0.15) is 49.6 Å². The predicted octanol–water partition coefficient (Wildman–Crippen LogP) is 1.86. The van der Waals surface area contributed by atoms with Crippen LogP contribution < -0.4 is 5.73 Å². The van der Waals surface area contributed by atoms with Crippen molar-refractivity contribution >= 4 is 11.8 Å². The number of nitrogens with zero attached hydrogens (tertiary/aromatic N) is 2. The average molecular weight is 333 g/mol. The number of furan rings is 1. The largest absolute Gasteiger partial charge is 0.459 e. The fourth-order valence-corrected chi connectivity index (χ4v) is 3.82. The monoisotopic (exact) mass is 333 g/mol. The van der Waals surface area contributed by atoms with Crippen molar-refractivity contribution in [1.82, 2.24) is 9.80 Å². The lowest BCUT2D eigenvalue weighted by Gasteiger charge is -2.40. The van der Waals surface area contributed by atoms with Gasteiger partial charge in [-0.2, -0.15) is 0 Å². The number of hydrogen-bond donors (Lipinski definition) is 1. The van der Waals surface area contributed by atoms with E-state index < -0.39 is 0 Å². The predicted molar refractivity (Wildman–Crippen MR) is 90.3 cm³/mol. The molecule has 0 aromatic carbocycles. The van der Waals surface area contributed by atoms with Crippen LogP contribution in [0.5, 0.6) is 0 Å². The van der Waals surface area contributed by atoms with Crippen molar-refractivity contribution in [3.8, 4) is 0 Å². The smallest absolute Gasteiger partial charge is 0.290 e. The average Bonchev–Trinajstić information content (AvgIpc) is 3.15. The van der Waals surface area contributed by atoms with E-state index in [0.717, 1.165) is 38.6 Å². The molecule has 0 saturated carbocycles. The molecule has 3 heterocycles. The quantitative estimate of drug-likeness (QED) is 0.915. The van der Waals surface area contributed by atoms with E-state index in [1.54, 1.807) is 17.0 Å². The summed E-state index contributed by atoms with van der Waals surface area (Å²) in [5.74, 6) is 0.543. The van der Waals surface area contributed by atoms with Gasteiger partial charge in [-0.1, -0.05) is 0 Å². The van der Waals surface area contributed by atoms with Gasteiger partial charge in [0.1, 0.15) is 6.04 Å². The second-order valence-corrected chi connectivity index (χ2v) is 7.03. The van der Waals surface area contributed by atoms with Crippen molar-refractivity contribution in [2.24, 2.45) is 11.7 Å². The zero-order valence-electron chi connectivity index (χ0n) is 14.3. The lowest BCUT2D eigenvalue weighted by atomic mass is 9.91. The molecule has 2 amide bonds. The molecular formula is C18H27N3O3. The molecule has 2 fully saturated rings. The fraction of sp³-hybridized carbons (Fsp3) is 0.667. The van der Waals surface area contributed by atoms with Gasteiger partial charge >= 0.3 is 0 Å². The third-order valence-corrected chi connectivity index (χ3v) is 5.29. The lowest BCUT2D eigenvalue weighted by Crippen LogP contribution is -2.55. The fourth-order valence-electron chi connectivity index (χ4n) is 3.82. The molecule has 0 radical (unpaired) electrons. The summed E-state index contributed by atoms with van der Waals surface area (Å²) in [6, 6.07) is 3.08. The Hall–Kier alpha value is -1.82. The third kappa shape index (κ3) is 3.48. The summed E-state index contributed by atoms with van der Waals surface area (Å²) < 4.78 is 5.24. The molecule has 1 aromatic heterocycles. The van der Waals surface area contributed by atoms with Crippen LogP contribution in [0.4, 0.5) is 0 Å².